The van der Waals surface area contributed by atoms with Crippen LogP contribution in [0.15, 0.2) is 12.1 Å². The van der Waals surface area contributed by atoms with Crippen LogP contribution in [0.4, 0.5) is 0 Å². The third-order valence-electron chi connectivity index (χ3n) is 2.39. The molecule has 2 rings (SSSR count). The standard InChI is InChI=1S/C12H14N2O3/c1-8(14)4-9-5-11-12(17-7-16-11)6-10(9)15-3-2-13/h5-6,8H,3-4,7,14H2,1H3. The van der Waals surface area contributed by atoms with Crippen LogP contribution in [0.3, 0.4) is 0 Å². The van der Waals surface area contributed by atoms with Crippen molar-refractivity contribution in [3.05, 3.63) is 17.7 Å². The predicted octanol–water partition coefficient (Wildman–Crippen LogP) is 1.21. The van der Waals surface area contributed by atoms with Gasteiger partial charge < -0.3 is 19.9 Å². The molecule has 17 heavy (non-hydrogen) atoms. The van der Waals surface area contributed by atoms with Gasteiger partial charge in [-0.15, -0.1) is 0 Å². The lowest BCUT2D eigenvalue weighted by Crippen LogP contribution is -2.18. The van der Waals surface area contributed by atoms with E-state index in [4.69, 9.17) is 25.2 Å². The minimum Gasteiger partial charge on any atom is -0.478 e. The van der Waals surface area contributed by atoms with Gasteiger partial charge in [-0.2, -0.15) is 5.26 Å². The van der Waals surface area contributed by atoms with Crippen LogP contribution in [0.5, 0.6) is 17.2 Å². The average molecular weight is 234 g/mol. The van der Waals surface area contributed by atoms with E-state index in [9.17, 15) is 0 Å². The number of nitrogens with zero attached hydrogens (tertiary/aromatic N) is 1. The van der Waals surface area contributed by atoms with Gasteiger partial charge >= 0.3 is 0 Å². The molecule has 1 unspecified atom stereocenters. The molecular weight excluding hydrogens is 220 g/mol. The summed E-state index contributed by atoms with van der Waals surface area (Å²) >= 11 is 0. The summed E-state index contributed by atoms with van der Waals surface area (Å²) in [6, 6.07) is 5.56. The van der Waals surface area contributed by atoms with Crippen LogP contribution in [0.25, 0.3) is 0 Å². The second kappa shape index (κ2) is 4.93. The fourth-order valence-corrected chi connectivity index (χ4v) is 1.72. The van der Waals surface area contributed by atoms with E-state index < -0.39 is 0 Å². The number of rotatable bonds is 4. The van der Waals surface area contributed by atoms with Gasteiger partial charge in [-0.05, 0) is 25.0 Å². The third-order valence-corrected chi connectivity index (χ3v) is 2.39. The fourth-order valence-electron chi connectivity index (χ4n) is 1.72. The first-order chi connectivity index (χ1) is 8.20. The largest absolute Gasteiger partial charge is 0.478 e. The van der Waals surface area contributed by atoms with Gasteiger partial charge in [-0.3, -0.25) is 0 Å². The van der Waals surface area contributed by atoms with E-state index in [1.807, 2.05) is 19.1 Å². The summed E-state index contributed by atoms with van der Waals surface area (Å²) in [5.74, 6) is 1.98. The van der Waals surface area contributed by atoms with E-state index in [1.165, 1.54) is 0 Å². The first kappa shape index (κ1) is 11.6. The van der Waals surface area contributed by atoms with Crippen molar-refractivity contribution in [3.63, 3.8) is 0 Å². The molecule has 0 radical (unpaired) electrons. The smallest absolute Gasteiger partial charge is 0.231 e. The topological polar surface area (TPSA) is 77.5 Å². The van der Waals surface area contributed by atoms with Crippen molar-refractivity contribution in [2.45, 2.75) is 19.4 Å². The summed E-state index contributed by atoms with van der Waals surface area (Å²) in [5, 5.41) is 8.54. The number of fused-ring (bicyclic) bond motifs is 1. The maximum absolute atomic E-state index is 8.54. The molecule has 0 bridgehead atoms. The summed E-state index contributed by atoms with van der Waals surface area (Å²) in [5.41, 5.74) is 6.70. The van der Waals surface area contributed by atoms with Crippen LogP contribution < -0.4 is 19.9 Å². The quantitative estimate of drug-likeness (QED) is 0.847. The molecule has 0 fully saturated rings. The maximum Gasteiger partial charge on any atom is 0.231 e. The Balaban J connectivity index is 2.29. The van der Waals surface area contributed by atoms with Gasteiger partial charge in [0.15, 0.2) is 18.1 Å². The van der Waals surface area contributed by atoms with Crippen LogP contribution in [-0.2, 0) is 6.42 Å². The number of hydrogen-bond acceptors (Lipinski definition) is 5. The second-order valence-corrected chi connectivity index (χ2v) is 3.94. The van der Waals surface area contributed by atoms with Gasteiger partial charge in [-0.1, -0.05) is 0 Å². The van der Waals surface area contributed by atoms with Crippen LogP contribution in [-0.4, -0.2) is 19.4 Å². The van der Waals surface area contributed by atoms with Crippen LogP contribution >= 0.6 is 0 Å². The van der Waals surface area contributed by atoms with Crippen molar-refractivity contribution in [1.82, 2.24) is 0 Å². The Bertz CT molecular complexity index is 452. The summed E-state index contributed by atoms with van der Waals surface area (Å²) < 4.78 is 15.9. The summed E-state index contributed by atoms with van der Waals surface area (Å²) in [6.45, 7) is 2.14. The van der Waals surface area contributed by atoms with Gasteiger partial charge in [-0.25, -0.2) is 0 Å². The average Bonchev–Trinajstić information content (AvgIpc) is 2.72. The Morgan fingerprint density at radius 1 is 1.47 bits per heavy atom. The van der Waals surface area contributed by atoms with Crippen molar-refractivity contribution in [1.29, 1.82) is 5.26 Å². The maximum atomic E-state index is 8.54. The molecule has 0 saturated heterocycles. The number of benzene rings is 1. The van der Waals surface area contributed by atoms with E-state index in [0.717, 1.165) is 5.56 Å². The monoisotopic (exact) mass is 234 g/mol. The normalized spacial score (nSPS) is 14.2. The molecule has 1 aromatic rings. The highest BCUT2D eigenvalue weighted by Gasteiger charge is 2.18. The van der Waals surface area contributed by atoms with Crippen molar-refractivity contribution in [3.8, 4) is 23.3 Å². The summed E-state index contributed by atoms with van der Waals surface area (Å²) in [7, 11) is 0. The van der Waals surface area contributed by atoms with E-state index in [1.54, 1.807) is 6.07 Å². The lowest BCUT2D eigenvalue weighted by molar-refractivity contribution is 0.174. The first-order valence-electron chi connectivity index (χ1n) is 5.38. The molecule has 0 aliphatic carbocycles. The zero-order valence-corrected chi connectivity index (χ0v) is 9.60. The minimum absolute atomic E-state index is 0.00555. The molecule has 90 valence electrons. The van der Waals surface area contributed by atoms with Crippen molar-refractivity contribution < 1.29 is 14.2 Å². The SMILES string of the molecule is CC(N)Cc1cc2c(cc1OCC#N)OCO2. The van der Waals surface area contributed by atoms with Gasteiger partial charge in [0.05, 0.1) is 0 Å². The minimum atomic E-state index is 0.00555. The highest BCUT2D eigenvalue weighted by Crippen LogP contribution is 2.38. The molecule has 1 aromatic carbocycles. The molecule has 2 N–H and O–H groups in total. The molecule has 0 amide bonds. The third kappa shape index (κ3) is 2.60. The predicted molar refractivity (Wildman–Crippen MR) is 61.0 cm³/mol. The van der Waals surface area contributed by atoms with E-state index in [0.29, 0.717) is 23.7 Å². The van der Waals surface area contributed by atoms with Crippen LogP contribution in [0.2, 0.25) is 0 Å². The highest BCUT2D eigenvalue weighted by molar-refractivity contribution is 5.52. The highest BCUT2D eigenvalue weighted by atomic mass is 16.7. The summed E-state index contributed by atoms with van der Waals surface area (Å²) in [4.78, 5) is 0. The lowest BCUT2D eigenvalue weighted by Gasteiger charge is -2.12. The molecular formula is C12H14N2O3. The van der Waals surface area contributed by atoms with Gasteiger partial charge in [0, 0.05) is 12.1 Å². The number of nitrogens with two attached hydrogens (primary N) is 1. The Kier molecular flexibility index (Phi) is 3.35. The number of nitriles is 1. The van der Waals surface area contributed by atoms with Crippen LogP contribution in [0.1, 0.15) is 12.5 Å². The zero-order valence-electron chi connectivity index (χ0n) is 9.60. The second-order valence-electron chi connectivity index (χ2n) is 3.94. The molecule has 0 saturated carbocycles. The molecule has 5 heteroatoms. The van der Waals surface area contributed by atoms with Crippen molar-refractivity contribution >= 4 is 0 Å². The van der Waals surface area contributed by atoms with Crippen molar-refractivity contribution in [2.75, 3.05) is 13.4 Å². The van der Waals surface area contributed by atoms with Gasteiger partial charge in [0.2, 0.25) is 6.79 Å². The number of ether oxygens (including phenoxy) is 3. The number of hydrogen-bond donors (Lipinski definition) is 1. The van der Waals surface area contributed by atoms with Crippen molar-refractivity contribution in [2.24, 2.45) is 5.73 Å². The van der Waals surface area contributed by atoms with E-state index >= 15 is 0 Å². The Hall–Kier alpha value is -1.93. The molecule has 1 atom stereocenters. The molecule has 0 aromatic heterocycles. The Morgan fingerprint density at radius 2 is 2.18 bits per heavy atom. The van der Waals surface area contributed by atoms with Gasteiger partial charge in [0.25, 0.3) is 0 Å². The Labute approximate surface area is 99.7 Å². The van der Waals surface area contributed by atoms with E-state index in [-0.39, 0.29) is 19.4 Å². The molecule has 1 aliphatic heterocycles. The lowest BCUT2D eigenvalue weighted by atomic mass is 10.1. The molecule has 1 heterocycles. The Morgan fingerprint density at radius 3 is 2.82 bits per heavy atom. The molecule has 0 spiro atoms. The first-order valence-corrected chi connectivity index (χ1v) is 5.38. The summed E-state index contributed by atoms with van der Waals surface area (Å²) in [6.07, 6.45) is 0.664. The molecule has 1 aliphatic rings. The van der Waals surface area contributed by atoms with E-state index in [2.05, 4.69) is 0 Å². The molecule has 5 nitrogen and oxygen atoms in total. The zero-order chi connectivity index (χ0) is 12.3. The van der Waals surface area contributed by atoms with Gasteiger partial charge in [0.1, 0.15) is 11.8 Å². The fraction of sp³-hybridized carbons (Fsp3) is 0.417. The van der Waals surface area contributed by atoms with Crippen LogP contribution in [0, 0.1) is 11.3 Å².